The Labute approximate surface area is 142 Å². The lowest BCUT2D eigenvalue weighted by molar-refractivity contribution is -0.143. The number of aryl methyl sites for hydroxylation is 2. The number of carboxylic acids is 1. The summed E-state index contributed by atoms with van der Waals surface area (Å²) in [4.78, 5) is 24.0. The Morgan fingerprint density at radius 1 is 1.08 bits per heavy atom. The Bertz CT molecular complexity index is 740. The third kappa shape index (κ3) is 4.02. The van der Waals surface area contributed by atoms with Gasteiger partial charge in [-0.25, -0.2) is 0 Å². The summed E-state index contributed by atoms with van der Waals surface area (Å²) in [6, 6.07) is 15.0. The van der Waals surface area contributed by atoms with Crippen molar-refractivity contribution < 1.29 is 14.7 Å². The summed E-state index contributed by atoms with van der Waals surface area (Å²) >= 11 is 0. The third-order valence-corrected chi connectivity index (χ3v) is 4.38. The summed E-state index contributed by atoms with van der Waals surface area (Å²) in [6.45, 7) is 5.63. The van der Waals surface area contributed by atoms with Gasteiger partial charge in [-0.05, 0) is 37.5 Å². The van der Waals surface area contributed by atoms with Crippen LogP contribution >= 0.6 is 0 Å². The predicted octanol–water partition coefficient (Wildman–Crippen LogP) is 3.00. The molecule has 126 valence electrons. The van der Waals surface area contributed by atoms with E-state index in [0.29, 0.717) is 5.56 Å². The molecule has 1 amide bonds. The van der Waals surface area contributed by atoms with E-state index < -0.39 is 11.4 Å². The van der Waals surface area contributed by atoms with Crippen LogP contribution in [0.3, 0.4) is 0 Å². The molecule has 0 saturated carbocycles. The van der Waals surface area contributed by atoms with Crippen molar-refractivity contribution in [1.82, 2.24) is 5.32 Å². The van der Waals surface area contributed by atoms with Gasteiger partial charge in [0.2, 0.25) is 5.91 Å². The zero-order valence-corrected chi connectivity index (χ0v) is 14.3. The lowest BCUT2D eigenvalue weighted by atomic mass is 9.82. The van der Waals surface area contributed by atoms with Gasteiger partial charge in [0.15, 0.2) is 0 Å². The van der Waals surface area contributed by atoms with Crippen molar-refractivity contribution in [2.24, 2.45) is 0 Å². The van der Waals surface area contributed by atoms with Crippen LogP contribution in [0.4, 0.5) is 0 Å². The van der Waals surface area contributed by atoms with E-state index in [4.69, 9.17) is 0 Å². The number of nitrogens with one attached hydrogen (secondary N) is 1. The van der Waals surface area contributed by atoms with Crippen molar-refractivity contribution in [2.75, 3.05) is 6.54 Å². The summed E-state index contributed by atoms with van der Waals surface area (Å²) in [5.41, 5.74) is 2.63. The number of carboxylic acid groups (broad SMARTS) is 1. The van der Waals surface area contributed by atoms with Crippen molar-refractivity contribution in [2.45, 2.75) is 32.6 Å². The molecule has 0 aliphatic heterocycles. The molecule has 0 saturated heterocycles. The molecule has 2 rings (SSSR count). The van der Waals surface area contributed by atoms with Crippen LogP contribution in [-0.4, -0.2) is 23.5 Å². The largest absolute Gasteiger partial charge is 0.481 e. The van der Waals surface area contributed by atoms with Gasteiger partial charge in [0.05, 0.1) is 6.42 Å². The van der Waals surface area contributed by atoms with E-state index in [9.17, 15) is 14.7 Å². The lowest BCUT2D eigenvalue weighted by Crippen LogP contribution is -2.44. The molecular weight excluding hydrogens is 302 g/mol. The minimum atomic E-state index is -1.15. The molecule has 2 aromatic rings. The van der Waals surface area contributed by atoms with Crippen LogP contribution in [-0.2, 0) is 21.4 Å². The number of carbonyl (C=O) groups is 2. The number of hydrogen-bond acceptors (Lipinski definition) is 2. The maximum Gasteiger partial charge on any atom is 0.315 e. The number of rotatable bonds is 6. The minimum Gasteiger partial charge on any atom is -0.481 e. The topological polar surface area (TPSA) is 66.4 Å². The number of aliphatic carboxylic acids is 1. The molecule has 0 fully saturated rings. The summed E-state index contributed by atoms with van der Waals surface area (Å²) in [5.74, 6) is -1.13. The molecule has 1 atom stereocenters. The minimum absolute atomic E-state index is 0.0516. The van der Waals surface area contributed by atoms with Crippen molar-refractivity contribution in [3.63, 3.8) is 0 Å². The van der Waals surface area contributed by atoms with Gasteiger partial charge in [0.25, 0.3) is 0 Å². The first-order valence-corrected chi connectivity index (χ1v) is 7.94. The Balaban J connectivity index is 2.08. The van der Waals surface area contributed by atoms with Crippen LogP contribution in [0.25, 0.3) is 0 Å². The van der Waals surface area contributed by atoms with E-state index in [0.717, 1.165) is 16.7 Å². The summed E-state index contributed by atoms with van der Waals surface area (Å²) in [7, 11) is 0. The highest BCUT2D eigenvalue weighted by Crippen LogP contribution is 2.23. The highest BCUT2D eigenvalue weighted by molar-refractivity contribution is 5.84. The number of benzene rings is 2. The van der Waals surface area contributed by atoms with Gasteiger partial charge in [-0.2, -0.15) is 0 Å². The monoisotopic (exact) mass is 325 g/mol. The second-order valence-corrected chi connectivity index (χ2v) is 6.39. The van der Waals surface area contributed by atoms with Gasteiger partial charge < -0.3 is 10.4 Å². The van der Waals surface area contributed by atoms with Crippen molar-refractivity contribution in [1.29, 1.82) is 0 Å². The highest BCUT2D eigenvalue weighted by atomic mass is 16.4. The summed E-state index contributed by atoms with van der Waals surface area (Å²) < 4.78 is 0. The molecule has 0 aliphatic rings. The fourth-order valence-electron chi connectivity index (χ4n) is 2.61. The smallest absolute Gasteiger partial charge is 0.315 e. The quantitative estimate of drug-likeness (QED) is 0.858. The molecule has 0 radical (unpaired) electrons. The SMILES string of the molecule is Cc1ccc(C)c(CC(=O)NCC(C)(C(=O)O)c2ccccc2)c1. The average molecular weight is 325 g/mol. The first-order valence-electron chi connectivity index (χ1n) is 7.94. The maximum atomic E-state index is 12.3. The van der Waals surface area contributed by atoms with Gasteiger partial charge in [0, 0.05) is 6.54 Å². The fraction of sp³-hybridized carbons (Fsp3) is 0.300. The van der Waals surface area contributed by atoms with E-state index in [1.807, 2.05) is 38.1 Å². The van der Waals surface area contributed by atoms with Crippen molar-refractivity contribution in [3.8, 4) is 0 Å². The van der Waals surface area contributed by atoms with Crippen LogP contribution in [0.1, 0.15) is 29.2 Å². The number of hydrogen-bond donors (Lipinski definition) is 2. The Hall–Kier alpha value is -2.62. The zero-order valence-electron chi connectivity index (χ0n) is 14.3. The van der Waals surface area contributed by atoms with Crippen LogP contribution < -0.4 is 5.32 Å². The van der Waals surface area contributed by atoms with E-state index in [1.54, 1.807) is 31.2 Å². The molecule has 24 heavy (non-hydrogen) atoms. The Kier molecular flexibility index (Phi) is 5.39. The molecule has 0 aliphatic carbocycles. The lowest BCUT2D eigenvalue weighted by Gasteiger charge is -2.25. The molecule has 0 bridgehead atoms. The van der Waals surface area contributed by atoms with E-state index >= 15 is 0 Å². The molecule has 0 aromatic heterocycles. The molecular formula is C20H23NO3. The predicted molar refractivity (Wildman–Crippen MR) is 94.1 cm³/mol. The normalized spacial score (nSPS) is 13.1. The fourth-order valence-corrected chi connectivity index (χ4v) is 2.61. The number of carbonyl (C=O) groups excluding carboxylic acids is 1. The standard InChI is InChI=1S/C20H23NO3/c1-14-9-10-15(2)16(11-14)12-18(22)21-13-20(3,19(23)24)17-7-5-4-6-8-17/h4-11H,12-13H2,1-3H3,(H,21,22)(H,23,24). The molecule has 2 N–H and O–H groups in total. The zero-order chi connectivity index (χ0) is 17.7. The van der Waals surface area contributed by atoms with Crippen molar-refractivity contribution >= 4 is 11.9 Å². The number of amides is 1. The van der Waals surface area contributed by atoms with Gasteiger partial charge in [0.1, 0.15) is 5.41 Å². The second-order valence-electron chi connectivity index (χ2n) is 6.39. The third-order valence-electron chi connectivity index (χ3n) is 4.38. The van der Waals surface area contributed by atoms with Crippen molar-refractivity contribution in [3.05, 3.63) is 70.8 Å². The Morgan fingerprint density at radius 2 is 1.75 bits per heavy atom. The van der Waals surface area contributed by atoms with Crippen LogP contribution in [0.2, 0.25) is 0 Å². The van der Waals surface area contributed by atoms with Gasteiger partial charge >= 0.3 is 5.97 Å². The summed E-state index contributed by atoms with van der Waals surface area (Å²) in [6.07, 6.45) is 0.248. The first-order chi connectivity index (χ1) is 11.3. The molecule has 4 heteroatoms. The van der Waals surface area contributed by atoms with Gasteiger partial charge in [-0.15, -0.1) is 0 Å². The molecule has 4 nitrogen and oxygen atoms in total. The van der Waals surface area contributed by atoms with E-state index in [2.05, 4.69) is 5.32 Å². The second kappa shape index (κ2) is 7.30. The highest BCUT2D eigenvalue weighted by Gasteiger charge is 2.35. The first kappa shape index (κ1) is 17.7. The molecule has 1 unspecified atom stereocenters. The van der Waals surface area contributed by atoms with Crippen LogP contribution in [0.15, 0.2) is 48.5 Å². The van der Waals surface area contributed by atoms with Gasteiger partial charge in [-0.3, -0.25) is 9.59 Å². The summed E-state index contributed by atoms with van der Waals surface area (Å²) in [5, 5.41) is 12.4. The van der Waals surface area contributed by atoms with Crippen LogP contribution in [0, 0.1) is 13.8 Å². The maximum absolute atomic E-state index is 12.3. The Morgan fingerprint density at radius 3 is 2.38 bits per heavy atom. The van der Waals surface area contributed by atoms with E-state index in [1.165, 1.54) is 0 Å². The molecule has 0 spiro atoms. The van der Waals surface area contributed by atoms with Crippen LogP contribution in [0.5, 0.6) is 0 Å². The average Bonchev–Trinajstić information content (AvgIpc) is 2.56. The van der Waals surface area contributed by atoms with E-state index in [-0.39, 0.29) is 18.9 Å². The van der Waals surface area contributed by atoms with Gasteiger partial charge in [-0.1, -0.05) is 54.1 Å². The molecule has 0 heterocycles. The molecule has 2 aromatic carbocycles.